The minimum Gasteiger partial charge on any atom is -0.495 e. The molecule has 0 fully saturated rings. The fourth-order valence-electron chi connectivity index (χ4n) is 2.75. The van der Waals surface area contributed by atoms with E-state index in [4.69, 9.17) is 4.74 Å². The summed E-state index contributed by atoms with van der Waals surface area (Å²) in [6.07, 6.45) is 1.02. The molecule has 0 saturated carbocycles. The normalized spacial score (nSPS) is 11.6. The molecule has 31 heavy (non-hydrogen) atoms. The molecule has 0 heterocycles. The van der Waals surface area contributed by atoms with E-state index in [-0.39, 0.29) is 11.6 Å². The first-order valence-electron chi connectivity index (χ1n) is 9.34. The van der Waals surface area contributed by atoms with Gasteiger partial charge in [-0.05, 0) is 49.2 Å². The molecule has 9 nitrogen and oxygen atoms in total. The number of hydrazone groups is 1. The van der Waals surface area contributed by atoms with Crippen LogP contribution in [-0.2, 0) is 19.6 Å². The van der Waals surface area contributed by atoms with Crippen LogP contribution in [0.5, 0.6) is 5.75 Å². The van der Waals surface area contributed by atoms with Gasteiger partial charge in [0.1, 0.15) is 12.3 Å². The Morgan fingerprint density at radius 3 is 2.29 bits per heavy atom. The van der Waals surface area contributed by atoms with Crippen molar-refractivity contribution in [2.75, 3.05) is 29.5 Å². The van der Waals surface area contributed by atoms with Gasteiger partial charge in [-0.25, -0.2) is 13.8 Å². The lowest BCUT2D eigenvalue weighted by Gasteiger charge is -2.23. The monoisotopic (exact) mass is 446 g/mol. The summed E-state index contributed by atoms with van der Waals surface area (Å²) >= 11 is 0. The van der Waals surface area contributed by atoms with E-state index in [2.05, 4.69) is 15.8 Å². The van der Waals surface area contributed by atoms with Gasteiger partial charge < -0.3 is 10.1 Å². The summed E-state index contributed by atoms with van der Waals surface area (Å²) in [5.41, 5.74) is 5.37. The lowest BCUT2D eigenvalue weighted by molar-refractivity contribution is -0.119. The number of hydrogen-bond donors (Lipinski definition) is 2. The molecule has 0 radical (unpaired) electrons. The van der Waals surface area contributed by atoms with E-state index in [1.807, 2.05) is 6.92 Å². The molecule has 0 atom stereocenters. The number of ether oxygens (including phenoxy) is 1. The molecular formula is C21H26N4O5S. The highest BCUT2D eigenvalue weighted by Crippen LogP contribution is 2.30. The SMILES string of the molecule is COc1ccc(C)cc1N(CC(=O)N/N=C(/C)c1ccc(NC(C)=O)cc1)S(C)(=O)=O. The van der Waals surface area contributed by atoms with Gasteiger partial charge in [0.15, 0.2) is 0 Å². The third-order valence-corrected chi connectivity index (χ3v) is 5.39. The zero-order valence-electron chi connectivity index (χ0n) is 18.1. The molecule has 0 bridgehead atoms. The van der Waals surface area contributed by atoms with Crippen LogP contribution in [0, 0.1) is 6.92 Å². The molecule has 2 aromatic rings. The van der Waals surface area contributed by atoms with Crippen LogP contribution < -0.4 is 19.8 Å². The molecule has 0 aromatic heterocycles. The Labute approximate surface area is 182 Å². The first-order valence-corrected chi connectivity index (χ1v) is 11.2. The average molecular weight is 447 g/mol. The summed E-state index contributed by atoms with van der Waals surface area (Å²) in [5.74, 6) is -0.447. The smallest absolute Gasteiger partial charge is 0.260 e. The molecule has 10 heteroatoms. The third-order valence-electron chi connectivity index (χ3n) is 4.26. The number of nitrogens with one attached hydrogen (secondary N) is 2. The summed E-state index contributed by atoms with van der Waals surface area (Å²) in [6, 6.07) is 12.0. The molecule has 0 spiro atoms. The predicted octanol–water partition coefficient (Wildman–Crippen LogP) is 2.27. The van der Waals surface area contributed by atoms with Crippen molar-refractivity contribution in [1.29, 1.82) is 0 Å². The van der Waals surface area contributed by atoms with Crippen LogP contribution >= 0.6 is 0 Å². The highest BCUT2D eigenvalue weighted by atomic mass is 32.2. The quantitative estimate of drug-likeness (QED) is 0.477. The zero-order chi connectivity index (χ0) is 23.2. The van der Waals surface area contributed by atoms with Crippen molar-refractivity contribution >= 4 is 38.9 Å². The second kappa shape index (κ2) is 10.1. The fourth-order valence-corrected chi connectivity index (χ4v) is 3.60. The summed E-state index contributed by atoms with van der Waals surface area (Å²) in [5, 5.41) is 6.72. The molecule has 0 aliphatic heterocycles. The Kier molecular flexibility index (Phi) is 7.76. The average Bonchev–Trinajstić information content (AvgIpc) is 2.69. The number of amides is 2. The minimum absolute atomic E-state index is 0.175. The number of nitrogens with zero attached hydrogens (tertiary/aromatic N) is 2. The van der Waals surface area contributed by atoms with E-state index in [0.717, 1.165) is 21.7 Å². The molecule has 2 N–H and O–H groups in total. The topological polar surface area (TPSA) is 117 Å². The van der Waals surface area contributed by atoms with Crippen LogP contribution in [0.3, 0.4) is 0 Å². The standard InChI is InChI=1S/C21H26N4O5S/c1-14-6-11-20(30-4)19(12-14)25(31(5,28)29)13-21(27)24-23-15(2)17-7-9-18(10-8-17)22-16(3)26/h6-12H,13H2,1-5H3,(H,22,26)(H,24,27)/b23-15-. The summed E-state index contributed by atoms with van der Waals surface area (Å²) < 4.78 is 30.9. The second-order valence-corrected chi connectivity index (χ2v) is 8.84. The van der Waals surface area contributed by atoms with E-state index in [0.29, 0.717) is 17.1 Å². The van der Waals surface area contributed by atoms with Crippen molar-refractivity contribution in [3.8, 4) is 5.75 Å². The molecule has 166 valence electrons. The number of methoxy groups -OCH3 is 1. The number of benzene rings is 2. The summed E-state index contributed by atoms with van der Waals surface area (Å²) in [4.78, 5) is 23.5. The number of carbonyl (C=O) groups is 2. The van der Waals surface area contributed by atoms with Gasteiger partial charge in [0.25, 0.3) is 5.91 Å². The van der Waals surface area contributed by atoms with Crippen LogP contribution in [-0.4, -0.2) is 45.9 Å². The maximum absolute atomic E-state index is 12.5. The maximum atomic E-state index is 12.5. The first-order chi connectivity index (χ1) is 14.5. The Hall–Kier alpha value is -3.40. The van der Waals surface area contributed by atoms with Gasteiger partial charge in [0, 0.05) is 12.6 Å². The van der Waals surface area contributed by atoms with Crippen molar-refractivity contribution < 1.29 is 22.7 Å². The van der Waals surface area contributed by atoms with E-state index >= 15 is 0 Å². The van der Waals surface area contributed by atoms with Crippen LogP contribution in [0.25, 0.3) is 0 Å². The van der Waals surface area contributed by atoms with Gasteiger partial charge in [0.05, 0.1) is 24.8 Å². The number of carbonyl (C=O) groups excluding carboxylic acids is 2. The van der Waals surface area contributed by atoms with Crippen molar-refractivity contribution in [3.63, 3.8) is 0 Å². The highest BCUT2D eigenvalue weighted by molar-refractivity contribution is 7.92. The molecule has 0 aliphatic rings. The highest BCUT2D eigenvalue weighted by Gasteiger charge is 2.24. The van der Waals surface area contributed by atoms with E-state index in [1.165, 1.54) is 14.0 Å². The van der Waals surface area contributed by atoms with Gasteiger partial charge in [0.2, 0.25) is 15.9 Å². The lowest BCUT2D eigenvalue weighted by atomic mass is 10.1. The largest absolute Gasteiger partial charge is 0.495 e. The van der Waals surface area contributed by atoms with Crippen molar-refractivity contribution in [1.82, 2.24) is 5.43 Å². The Bertz CT molecular complexity index is 1100. The summed E-state index contributed by atoms with van der Waals surface area (Å²) in [7, 11) is -2.33. The molecule has 2 aromatic carbocycles. The minimum atomic E-state index is -3.76. The van der Waals surface area contributed by atoms with Crippen LogP contribution in [0.1, 0.15) is 25.0 Å². The predicted molar refractivity (Wildman–Crippen MR) is 121 cm³/mol. The van der Waals surface area contributed by atoms with Gasteiger partial charge >= 0.3 is 0 Å². The van der Waals surface area contributed by atoms with Crippen LogP contribution in [0.15, 0.2) is 47.6 Å². The number of sulfonamides is 1. The van der Waals surface area contributed by atoms with Crippen LogP contribution in [0.2, 0.25) is 0 Å². The zero-order valence-corrected chi connectivity index (χ0v) is 18.9. The molecule has 0 aliphatic carbocycles. The molecule has 0 saturated heterocycles. The van der Waals surface area contributed by atoms with Gasteiger partial charge in [-0.3, -0.25) is 13.9 Å². The second-order valence-electron chi connectivity index (χ2n) is 6.94. The van der Waals surface area contributed by atoms with Gasteiger partial charge in [-0.15, -0.1) is 0 Å². The maximum Gasteiger partial charge on any atom is 0.260 e. The van der Waals surface area contributed by atoms with Gasteiger partial charge in [-0.1, -0.05) is 18.2 Å². The van der Waals surface area contributed by atoms with E-state index in [9.17, 15) is 18.0 Å². The van der Waals surface area contributed by atoms with Crippen LogP contribution in [0.4, 0.5) is 11.4 Å². The van der Waals surface area contributed by atoms with Crippen molar-refractivity contribution in [2.24, 2.45) is 5.10 Å². The Morgan fingerprint density at radius 1 is 1.10 bits per heavy atom. The molecule has 2 rings (SSSR count). The van der Waals surface area contributed by atoms with Crippen molar-refractivity contribution in [2.45, 2.75) is 20.8 Å². The third kappa shape index (κ3) is 6.82. The van der Waals surface area contributed by atoms with Crippen molar-refractivity contribution in [3.05, 3.63) is 53.6 Å². The fraction of sp³-hybridized carbons (Fsp3) is 0.286. The van der Waals surface area contributed by atoms with Gasteiger partial charge in [-0.2, -0.15) is 5.10 Å². The number of anilines is 2. The van der Waals surface area contributed by atoms with E-state index in [1.54, 1.807) is 49.4 Å². The molecular weight excluding hydrogens is 420 g/mol. The Morgan fingerprint density at radius 2 is 1.74 bits per heavy atom. The summed E-state index contributed by atoms with van der Waals surface area (Å²) in [6.45, 7) is 4.47. The number of aryl methyl sites for hydroxylation is 1. The number of hydrogen-bond acceptors (Lipinski definition) is 6. The molecule has 0 unspecified atom stereocenters. The Balaban J connectivity index is 2.16. The first kappa shape index (κ1) is 23.9. The lowest BCUT2D eigenvalue weighted by Crippen LogP contribution is -2.39. The number of rotatable bonds is 8. The molecule has 2 amide bonds. The van der Waals surface area contributed by atoms with E-state index < -0.39 is 22.5 Å².